The molecule has 3 N–H and O–H groups in total. The normalized spacial score (nSPS) is 12.6. The number of hydrogen-bond donors (Lipinski definition) is 3. The minimum absolute atomic E-state index is 0. The molecule has 0 saturated carbocycles. The molecule has 28 heavy (non-hydrogen) atoms. The fourth-order valence-corrected chi connectivity index (χ4v) is 3.24. The first-order chi connectivity index (χ1) is 12.8. The Morgan fingerprint density at radius 3 is 2.07 bits per heavy atom. The van der Waals surface area contributed by atoms with Crippen LogP contribution >= 0.6 is 0 Å². The molecule has 1 atom stereocenters. The van der Waals surface area contributed by atoms with Crippen LogP contribution in [0.15, 0.2) is 0 Å². The zero-order valence-electron chi connectivity index (χ0n) is 17.6. The maximum absolute atomic E-state index is 11.9. The van der Waals surface area contributed by atoms with Gasteiger partial charge in [0.15, 0.2) is 0 Å². The maximum atomic E-state index is 11.9. The van der Waals surface area contributed by atoms with Crippen molar-refractivity contribution >= 4 is 17.8 Å². The molecule has 0 aliphatic heterocycles. The smallest absolute Gasteiger partial charge is 0.550 e. The summed E-state index contributed by atoms with van der Waals surface area (Å²) < 4.78 is 0.396. The van der Waals surface area contributed by atoms with E-state index in [1.54, 1.807) is 0 Å². The van der Waals surface area contributed by atoms with Crippen LogP contribution in [-0.4, -0.2) is 71.9 Å². The summed E-state index contributed by atoms with van der Waals surface area (Å²) in [4.78, 5) is 33.4. The van der Waals surface area contributed by atoms with Gasteiger partial charge in [-0.05, 0) is 12.8 Å². The minimum Gasteiger partial charge on any atom is -0.550 e. The molecule has 158 valence electrons. The molecule has 1 unspecified atom stereocenters. The van der Waals surface area contributed by atoms with Crippen molar-refractivity contribution in [3.05, 3.63) is 0 Å². The third-order valence-corrected chi connectivity index (χ3v) is 4.78. The Kier molecular flexibility index (Phi) is 20.4. The van der Waals surface area contributed by atoms with E-state index < -0.39 is 11.9 Å². The summed E-state index contributed by atoms with van der Waals surface area (Å²) in [6.45, 7) is 4.41. The van der Waals surface area contributed by atoms with Crippen LogP contribution in [-0.2, 0) is 14.4 Å². The van der Waals surface area contributed by atoms with Gasteiger partial charge in [0, 0.05) is 25.2 Å². The van der Waals surface area contributed by atoms with E-state index in [0.717, 1.165) is 25.7 Å². The summed E-state index contributed by atoms with van der Waals surface area (Å²) in [6, 6.07) is 0. The van der Waals surface area contributed by atoms with Crippen molar-refractivity contribution in [2.75, 3.05) is 39.3 Å². The number of nitrogens with zero attached hydrogens (tertiary/aromatic N) is 1. The Balaban J connectivity index is 0. The molecule has 0 aromatic rings. The zero-order valence-corrected chi connectivity index (χ0v) is 20.7. The van der Waals surface area contributed by atoms with E-state index in [4.69, 9.17) is 5.11 Å². The summed E-state index contributed by atoms with van der Waals surface area (Å²) in [6.07, 6.45) is 5.39. The van der Waals surface area contributed by atoms with Crippen LogP contribution in [0.3, 0.4) is 0 Å². The minimum atomic E-state index is -1.12. The van der Waals surface area contributed by atoms with Crippen LogP contribution in [0, 0.1) is 0 Å². The monoisotopic (exact) mass is 427 g/mol. The Hall–Kier alpha value is -0.0336. The number of rotatable bonds is 18. The number of carboxylic acids is 2. The van der Waals surface area contributed by atoms with Gasteiger partial charge in [-0.25, -0.2) is 0 Å². The fourth-order valence-electron chi connectivity index (χ4n) is 3.24. The summed E-state index contributed by atoms with van der Waals surface area (Å²) in [5, 5.41) is 31.9. The second-order valence-electron chi connectivity index (χ2n) is 7.09. The van der Waals surface area contributed by atoms with E-state index in [0.29, 0.717) is 56.5 Å². The van der Waals surface area contributed by atoms with E-state index in [1.807, 2.05) is 0 Å². The molecule has 0 saturated heterocycles. The van der Waals surface area contributed by atoms with Crippen LogP contribution < -0.4 is 61.8 Å². The molecule has 0 spiro atoms. The van der Waals surface area contributed by atoms with E-state index in [1.165, 1.54) is 0 Å². The first-order valence-electron chi connectivity index (χ1n) is 9.99. The summed E-state index contributed by atoms with van der Waals surface area (Å²) >= 11 is 0. The number of aliphatic hydroxyl groups is 1. The number of quaternary nitrogens is 1. The maximum Gasteiger partial charge on any atom is 1.00 e. The van der Waals surface area contributed by atoms with Crippen LogP contribution in [0.25, 0.3) is 0 Å². The molecule has 9 heteroatoms. The number of carbonyl (C=O) groups excluding carboxylic acids is 2. The average Bonchev–Trinajstić information content (AvgIpc) is 2.58. The Labute approximate surface area is 211 Å². The van der Waals surface area contributed by atoms with E-state index >= 15 is 0 Å². The van der Waals surface area contributed by atoms with Crippen molar-refractivity contribution in [3.8, 4) is 0 Å². The molecule has 0 aromatic carbocycles. The number of hydrogen-bond acceptors (Lipinski definition) is 5. The van der Waals surface area contributed by atoms with Crippen LogP contribution in [0.1, 0.15) is 64.7 Å². The Morgan fingerprint density at radius 2 is 1.54 bits per heavy atom. The first-order valence-corrected chi connectivity index (χ1v) is 9.99. The van der Waals surface area contributed by atoms with E-state index in [2.05, 4.69) is 12.2 Å². The van der Waals surface area contributed by atoms with Gasteiger partial charge in [0.05, 0.1) is 39.2 Å². The fraction of sp³-hybridized carbons (Fsp3) is 0.842. The second-order valence-corrected chi connectivity index (χ2v) is 7.09. The zero-order chi connectivity index (χ0) is 20.5. The Bertz CT molecular complexity index is 428. The molecule has 0 radical (unpaired) electrons. The molecule has 8 nitrogen and oxygen atoms in total. The van der Waals surface area contributed by atoms with Crippen LogP contribution in [0.5, 0.6) is 0 Å². The summed E-state index contributed by atoms with van der Waals surface area (Å²) in [7, 11) is 0. The third-order valence-electron chi connectivity index (χ3n) is 4.78. The number of amides is 1. The molecule has 0 rings (SSSR count). The number of carbonyl (C=O) groups is 3. The number of aliphatic carboxylic acids is 2. The summed E-state index contributed by atoms with van der Waals surface area (Å²) in [5.41, 5.74) is 0. The Morgan fingerprint density at radius 1 is 0.893 bits per heavy atom. The molecular formula is C19H36KN2O6+. The standard InChI is InChI=1S/C19H36N2O6.K/c1-2-3-4-5-8-17(23)20-11-14-21(15-16-22,12-6-9-18(24)25)13-7-10-19(26)27;/h22H,2-16H2,1H3,(H2-,20,23,24,25,26,27);/q;+1. The SMILES string of the molecule is CCCCCCC(=O)NCC[N+](CCO)(CCCC(=O)[O-])CCCC(=O)O.[K+]. The third kappa shape index (κ3) is 16.9. The quantitative estimate of drug-likeness (QED) is 0.124. The largest absolute Gasteiger partial charge is 1.00 e. The van der Waals surface area contributed by atoms with Gasteiger partial charge in [0.25, 0.3) is 0 Å². The predicted octanol–water partition coefficient (Wildman–Crippen LogP) is -2.72. The molecular weight excluding hydrogens is 391 g/mol. The van der Waals surface area contributed by atoms with Gasteiger partial charge in [-0.3, -0.25) is 9.59 Å². The molecule has 0 bridgehead atoms. The first kappa shape index (κ1) is 30.2. The van der Waals surface area contributed by atoms with Gasteiger partial charge >= 0.3 is 57.4 Å². The second kappa shape index (κ2) is 19.0. The molecule has 0 aromatic heterocycles. The molecule has 0 fully saturated rings. The topological polar surface area (TPSA) is 127 Å². The number of nitrogens with one attached hydrogen (secondary N) is 1. The number of aliphatic hydroxyl groups excluding tert-OH is 1. The van der Waals surface area contributed by atoms with Crippen molar-refractivity contribution < 1.29 is 85.6 Å². The number of unbranched alkanes of at least 4 members (excludes halogenated alkanes) is 3. The molecule has 1 amide bonds. The number of carboxylic acid groups (broad SMARTS) is 2. The van der Waals surface area contributed by atoms with Crippen molar-refractivity contribution in [3.63, 3.8) is 0 Å². The van der Waals surface area contributed by atoms with E-state index in [9.17, 15) is 24.6 Å². The van der Waals surface area contributed by atoms with Gasteiger partial charge in [-0.1, -0.05) is 26.2 Å². The van der Waals surface area contributed by atoms with Crippen LogP contribution in [0.4, 0.5) is 0 Å². The molecule has 0 aliphatic carbocycles. The predicted molar refractivity (Wildman–Crippen MR) is 99.7 cm³/mol. The van der Waals surface area contributed by atoms with Crippen LogP contribution in [0.2, 0.25) is 0 Å². The van der Waals surface area contributed by atoms with Crippen molar-refractivity contribution in [2.45, 2.75) is 64.7 Å². The van der Waals surface area contributed by atoms with Gasteiger partial charge in [0.1, 0.15) is 6.54 Å². The van der Waals surface area contributed by atoms with Gasteiger partial charge < -0.3 is 29.9 Å². The summed E-state index contributed by atoms with van der Waals surface area (Å²) in [5.74, 6) is -2.01. The van der Waals surface area contributed by atoms with E-state index in [-0.39, 0.29) is 76.7 Å². The van der Waals surface area contributed by atoms with Gasteiger partial charge in [0.2, 0.25) is 5.91 Å². The van der Waals surface area contributed by atoms with Crippen molar-refractivity contribution in [1.29, 1.82) is 0 Å². The van der Waals surface area contributed by atoms with Crippen molar-refractivity contribution in [2.24, 2.45) is 0 Å². The van der Waals surface area contributed by atoms with Gasteiger partial charge in [-0.15, -0.1) is 0 Å². The molecule has 0 aliphatic rings. The van der Waals surface area contributed by atoms with Crippen molar-refractivity contribution in [1.82, 2.24) is 5.32 Å². The molecule has 0 heterocycles. The average molecular weight is 428 g/mol. The van der Waals surface area contributed by atoms with Gasteiger partial charge in [-0.2, -0.15) is 0 Å².